The predicted molar refractivity (Wildman–Crippen MR) is 76.2 cm³/mol. The van der Waals surface area contributed by atoms with Crippen LogP contribution in [0.3, 0.4) is 0 Å². The topological polar surface area (TPSA) is 52.6 Å². The highest BCUT2D eigenvalue weighted by Gasteiger charge is 2.35. The van der Waals surface area contributed by atoms with Crippen LogP contribution in [0.15, 0.2) is 18.2 Å². The number of aliphatic hydroxyl groups is 1. The van der Waals surface area contributed by atoms with Crippen molar-refractivity contribution in [1.82, 2.24) is 4.90 Å². The van der Waals surface area contributed by atoms with E-state index in [-0.39, 0.29) is 11.3 Å². The maximum absolute atomic E-state index is 11.7. The van der Waals surface area contributed by atoms with E-state index >= 15 is 0 Å². The average Bonchev–Trinajstić information content (AvgIpc) is 2.48. The highest BCUT2D eigenvalue weighted by molar-refractivity contribution is 5.92. The quantitative estimate of drug-likeness (QED) is 0.875. The van der Waals surface area contributed by atoms with E-state index in [0.717, 1.165) is 17.7 Å². The lowest BCUT2D eigenvalue weighted by atomic mass is 9.86. The third-order valence-electron chi connectivity index (χ3n) is 3.59. The van der Waals surface area contributed by atoms with Gasteiger partial charge in [-0.15, -0.1) is 0 Å². The molecule has 19 heavy (non-hydrogen) atoms. The summed E-state index contributed by atoms with van der Waals surface area (Å²) in [5, 5.41) is 13.0. The van der Waals surface area contributed by atoms with Crippen molar-refractivity contribution in [3.05, 3.63) is 29.3 Å². The van der Waals surface area contributed by atoms with E-state index in [9.17, 15) is 9.90 Å². The van der Waals surface area contributed by atoms with Gasteiger partial charge in [0, 0.05) is 5.69 Å². The molecule has 1 amide bonds. The van der Waals surface area contributed by atoms with Crippen LogP contribution in [0.4, 0.5) is 5.69 Å². The SMILES string of the molecule is CN(C)CC(=O)Nc1ccc2c(c1)[C@H](O)CC2(C)C. The molecule has 1 atom stereocenters. The molecule has 1 aliphatic carbocycles. The van der Waals surface area contributed by atoms with Gasteiger partial charge in [-0.2, -0.15) is 0 Å². The van der Waals surface area contributed by atoms with Gasteiger partial charge in [0.25, 0.3) is 0 Å². The molecular weight excluding hydrogens is 240 g/mol. The number of anilines is 1. The Hall–Kier alpha value is -1.39. The fourth-order valence-corrected chi connectivity index (χ4v) is 2.72. The zero-order valence-electron chi connectivity index (χ0n) is 12.0. The number of benzene rings is 1. The van der Waals surface area contributed by atoms with E-state index in [1.807, 2.05) is 37.2 Å². The molecule has 0 saturated carbocycles. The van der Waals surface area contributed by atoms with Crippen LogP contribution >= 0.6 is 0 Å². The minimum atomic E-state index is -0.435. The van der Waals surface area contributed by atoms with Gasteiger partial charge in [0.05, 0.1) is 12.6 Å². The number of hydrogen-bond acceptors (Lipinski definition) is 3. The second-order valence-corrected chi connectivity index (χ2v) is 6.19. The third-order valence-corrected chi connectivity index (χ3v) is 3.59. The highest BCUT2D eigenvalue weighted by Crippen LogP contribution is 2.45. The Labute approximate surface area is 114 Å². The summed E-state index contributed by atoms with van der Waals surface area (Å²) in [7, 11) is 3.71. The fraction of sp³-hybridized carbons (Fsp3) is 0.533. The summed E-state index contributed by atoms with van der Waals surface area (Å²) in [4.78, 5) is 13.5. The molecule has 2 N–H and O–H groups in total. The van der Waals surface area contributed by atoms with Gasteiger partial charge in [-0.3, -0.25) is 4.79 Å². The van der Waals surface area contributed by atoms with Crippen LogP contribution in [0.25, 0.3) is 0 Å². The molecular formula is C15H22N2O2. The average molecular weight is 262 g/mol. The molecule has 2 rings (SSSR count). The largest absolute Gasteiger partial charge is 0.388 e. The minimum absolute atomic E-state index is 0.000918. The van der Waals surface area contributed by atoms with Crippen molar-refractivity contribution in [1.29, 1.82) is 0 Å². The molecule has 0 saturated heterocycles. The van der Waals surface area contributed by atoms with E-state index < -0.39 is 6.10 Å². The Balaban J connectivity index is 2.19. The number of carbonyl (C=O) groups excluding carboxylic acids is 1. The molecule has 0 fully saturated rings. The number of fused-ring (bicyclic) bond motifs is 1. The maximum atomic E-state index is 11.7. The van der Waals surface area contributed by atoms with Gasteiger partial charge in [0.1, 0.15) is 0 Å². The van der Waals surface area contributed by atoms with Crippen molar-refractivity contribution >= 4 is 11.6 Å². The number of aliphatic hydroxyl groups excluding tert-OH is 1. The smallest absolute Gasteiger partial charge is 0.238 e. The standard InChI is InChI=1S/C15H22N2O2/c1-15(2)8-13(18)11-7-10(5-6-12(11)15)16-14(19)9-17(3)4/h5-7,13,18H,8-9H2,1-4H3,(H,16,19)/t13-/m1/s1. The monoisotopic (exact) mass is 262 g/mol. The summed E-state index contributed by atoms with van der Waals surface area (Å²) in [5.74, 6) is -0.0447. The van der Waals surface area contributed by atoms with Gasteiger partial charge < -0.3 is 15.3 Å². The zero-order chi connectivity index (χ0) is 14.2. The first-order valence-corrected chi connectivity index (χ1v) is 6.57. The third kappa shape index (κ3) is 2.96. The molecule has 4 heteroatoms. The Morgan fingerprint density at radius 2 is 2.16 bits per heavy atom. The van der Waals surface area contributed by atoms with E-state index in [1.165, 1.54) is 5.56 Å². The summed E-state index contributed by atoms with van der Waals surface area (Å²) >= 11 is 0. The van der Waals surface area contributed by atoms with Crippen LogP contribution in [0, 0.1) is 0 Å². The Kier molecular flexibility index (Phi) is 3.65. The van der Waals surface area contributed by atoms with E-state index in [0.29, 0.717) is 6.54 Å². The van der Waals surface area contributed by atoms with E-state index in [1.54, 1.807) is 0 Å². The lowest BCUT2D eigenvalue weighted by Gasteiger charge is -2.18. The predicted octanol–water partition coefficient (Wildman–Crippen LogP) is 1.90. The van der Waals surface area contributed by atoms with Gasteiger partial charge >= 0.3 is 0 Å². The molecule has 1 aromatic carbocycles. The second kappa shape index (κ2) is 4.94. The maximum Gasteiger partial charge on any atom is 0.238 e. The Bertz CT molecular complexity index is 495. The van der Waals surface area contributed by atoms with Crippen molar-refractivity contribution < 1.29 is 9.90 Å². The fourth-order valence-electron chi connectivity index (χ4n) is 2.72. The summed E-state index contributed by atoms with van der Waals surface area (Å²) in [6.45, 7) is 4.61. The van der Waals surface area contributed by atoms with Crippen LogP contribution in [-0.4, -0.2) is 36.6 Å². The van der Waals surface area contributed by atoms with Gasteiger partial charge in [-0.25, -0.2) is 0 Å². The first kappa shape index (κ1) is 14.0. The van der Waals surface area contributed by atoms with Gasteiger partial charge in [-0.05, 0) is 49.2 Å². The number of rotatable bonds is 3. The molecule has 104 valence electrons. The lowest BCUT2D eigenvalue weighted by molar-refractivity contribution is -0.116. The first-order valence-electron chi connectivity index (χ1n) is 6.57. The lowest BCUT2D eigenvalue weighted by Crippen LogP contribution is -2.27. The number of hydrogen-bond donors (Lipinski definition) is 2. The summed E-state index contributed by atoms with van der Waals surface area (Å²) in [5.41, 5.74) is 2.86. The van der Waals surface area contributed by atoms with E-state index in [4.69, 9.17) is 0 Å². The molecule has 0 radical (unpaired) electrons. The number of nitrogens with one attached hydrogen (secondary N) is 1. The molecule has 0 unspecified atom stereocenters. The number of carbonyl (C=O) groups is 1. The molecule has 0 aliphatic heterocycles. The molecule has 0 aromatic heterocycles. The number of amides is 1. The van der Waals surface area contributed by atoms with Crippen molar-refractivity contribution in [2.75, 3.05) is 26.0 Å². The molecule has 0 bridgehead atoms. The molecule has 1 aromatic rings. The van der Waals surface area contributed by atoms with Crippen LogP contribution in [-0.2, 0) is 10.2 Å². The number of nitrogens with zero attached hydrogens (tertiary/aromatic N) is 1. The Morgan fingerprint density at radius 1 is 1.47 bits per heavy atom. The van der Waals surface area contributed by atoms with Crippen LogP contribution in [0.2, 0.25) is 0 Å². The molecule has 1 aliphatic rings. The highest BCUT2D eigenvalue weighted by atomic mass is 16.3. The van der Waals surface area contributed by atoms with E-state index in [2.05, 4.69) is 19.2 Å². The van der Waals surface area contributed by atoms with Crippen molar-refractivity contribution in [2.45, 2.75) is 31.8 Å². The normalized spacial score (nSPS) is 20.4. The Morgan fingerprint density at radius 3 is 2.79 bits per heavy atom. The zero-order valence-corrected chi connectivity index (χ0v) is 12.0. The summed E-state index contributed by atoms with van der Waals surface area (Å²) in [6.07, 6.45) is 0.299. The second-order valence-electron chi connectivity index (χ2n) is 6.19. The van der Waals surface area contributed by atoms with Crippen molar-refractivity contribution in [2.24, 2.45) is 0 Å². The van der Waals surface area contributed by atoms with Gasteiger partial charge in [-0.1, -0.05) is 19.9 Å². The van der Waals surface area contributed by atoms with Crippen molar-refractivity contribution in [3.63, 3.8) is 0 Å². The van der Waals surface area contributed by atoms with Crippen LogP contribution in [0.5, 0.6) is 0 Å². The number of likely N-dealkylation sites (N-methyl/N-ethyl adjacent to an activating group) is 1. The van der Waals surface area contributed by atoms with Gasteiger partial charge in [0.2, 0.25) is 5.91 Å². The minimum Gasteiger partial charge on any atom is -0.388 e. The molecule has 4 nitrogen and oxygen atoms in total. The van der Waals surface area contributed by atoms with Crippen LogP contribution < -0.4 is 5.32 Å². The molecule has 0 heterocycles. The van der Waals surface area contributed by atoms with Crippen molar-refractivity contribution in [3.8, 4) is 0 Å². The van der Waals surface area contributed by atoms with Crippen LogP contribution in [0.1, 0.15) is 37.5 Å². The summed E-state index contributed by atoms with van der Waals surface area (Å²) in [6, 6.07) is 5.81. The first-order chi connectivity index (χ1) is 8.79. The summed E-state index contributed by atoms with van der Waals surface area (Å²) < 4.78 is 0. The molecule has 0 spiro atoms. The van der Waals surface area contributed by atoms with Gasteiger partial charge in [0.15, 0.2) is 0 Å².